The lowest BCUT2D eigenvalue weighted by Gasteiger charge is -2.19. The monoisotopic (exact) mass is 265 g/mol. The number of nitrogens with one attached hydrogen (secondary N) is 1. The Morgan fingerprint density at radius 3 is 2.68 bits per heavy atom. The van der Waals surface area contributed by atoms with Gasteiger partial charge in [-0.25, -0.2) is 0 Å². The summed E-state index contributed by atoms with van der Waals surface area (Å²) >= 11 is 0. The molecule has 0 radical (unpaired) electrons. The second-order valence-corrected chi connectivity index (χ2v) is 6.83. The molecule has 2 rings (SSSR count). The van der Waals surface area contributed by atoms with Gasteiger partial charge >= 0.3 is 0 Å². The third-order valence-electron chi connectivity index (χ3n) is 3.88. The van der Waals surface area contributed by atoms with Crippen molar-refractivity contribution in [3.63, 3.8) is 0 Å². The van der Waals surface area contributed by atoms with Gasteiger partial charge in [0.2, 0.25) is 11.8 Å². The van der Waals surface area contributed by atoms with Gasteiger partial charge in [0.15, 0.2) is 0 Å². The Labute approximate surface area is 116 Å². The molecule has 0 spiro atoms. The first-order chi connectivity index (χ1) is 8.96. The van der Waals surface area contributed by atoms with Crippen molar-refractivity contribution in [2.24, 2.45) is 5.92 Å². The van der Waals surface area contributed by atoms with Gasteiger partial charge in [-0.05, 0) is 52.5 Å². The van der Waals surface area contributed by atoms with Gasteiger partial charge in [0.1, 0.15) is 0 Å². The fraction of sp³-hybridized carbons (Fsp3) is 0.867. The van der Waals surface area contributed by atoms with Crippen LogP contribution in [0.15, 0.2) is 4.42 Å². The van der Waals surface area contributed by atoms with Crippen molar-refractivity contribution in [2.75, 3.05) is 6.54 Å². The number of rotatable bonds is 5. The SMILES string of the molecule is CC1CCCC1c1nnc(CCCNC(C)(C)C)o1. The van der Waals surface area contributed by atoms with Crippen molar-refractivity contribution in [1.29, 1.82) is 0 Å². The smallest absolute Gasteiger partial charge is 0.219 e. The molecule has 1 heterocycles. The van der Waals surface area contributed by atoms with E-state index in [0.29, 0.717) is 11.8 Å². The van der Waals surface area contributed by atoms with Crippen molar-refractivity contribution in [1.82, 2.24) is 15.5 Å². The summed E-state index contributed by atoms with van der Waals surface area (Å²) in [5.74, 6) is 2.85. The first-order valence-electron chi connectivity index (χ1n) is 7.53. The largest absolute Gasteiger partial charge is 0.425 e. The number of aromatic nitrogens is 2. The van der Waals surface area contributed by atoms with Gasteiger partial charge < -0.3 is 9.73 Å². The predicted molar refractivity (Wildman–Crippen MR) is 76.1 cm³/mol. The molecule has 19 heavy (non-hydrogen) atoms. The van der Waals surface area contributed by atoms with Crippen molar-refractivity contribution < 1.29 is 4.42 Å². The molecule has 0 amide bonds. The van der Waals surface area contributed by atoms with Crippen molar-refractivity contribution >= 4 is 0 Å². The Balaban J connectivity index is 1.78. The number of aryl methyl sites for hydroxylation is 1. The van der Waals surface area contributed by atoms with E-state index in [4.69, 9.17) is 4.42 Å². The lowest BCUT2D eigenvalue weighted by atomic mass is 9.98. The summed E-state index contributed by atoms with van der Waals surface area (Å²) in [6.45, 7) is 9.81. The first kappa shape index (κ1) is 14.5. The van der Waals surface area contributed by atoms with Crippen molar-refractivity contribution in [2.45, 2.75) is 71.3 Å². The molecular weight excluding hydrogens is 238 g/mol. The molecule has 4 nitrogen and oxygen atoms in total. The van der Waals surface area contributed by atoms with Crippen LogP contribution in [0.25, 0.3) is 0 Å². The molecular formula is C15H27N3O. The summed E-state index contributed by atoms with van der Waals surface area (Å²) in [7, 11) is 0. The number of hydrogen-bond donors (Lipinski definition) is 1. The Hall–Kier alpha value is -0.900. The summed E-state index contributed by atoms with van der Waals surface area (Å²) in [5, 5.41) is 11.9. The Morgan fingerprint density at radius 1 is 1.26 bits per heavy atom. The van der Waals surface area contributed by atoms with Gasteiger partial charge in [-0.2, -0.15) is 0 Å². The van der Waals surface area contributed by atoms with Gasteiger partial charge in [0.25, 0.3) is 0 Å². The van der Waals surface area contributed by atoms with Crippen LogP contribution in [0.1, 0.15) is 71.1 Å². The maximum Gasteiger partial charge on any atom is 0.219 e. The molecule has 1 fully saturated rings. The zero-order chi connectivity index (χ0) is 13.9. The summed E-state index contributed by atoms with van der Waals surface area (Å²) in [6.07, 6.45) is 5.70. The van der Waals surface area contributed by atoms with E-state index in [1.54, 1.807) is 0 Å². The molecule has 1 saturated carbocycles. The van der Waals surface area contributed by atoms with Crippen LogP contribution in [0.5, 0.6) is 0 Å². The predicted octanol–water partition coefficient (Wildman–Crippen LogP) is 3.29. The topological polar surface area (TPSA) is 51.0 Å². The van der Waals surface area contributed by atoms with Gasteiger partial charge in [0, 0.05) is 17.9 Å². The maximum atomic E-state index is 5.82. The van der Waals surface area contributed by atoms with E-state index >= 15 is 0 Å². The Bertz CT molecular complexity index is 394. The highest BCUT2D eigenvalue weighted by atomic mass is 16.4. The highest BCUT2D eigenvalue weighted by molar-refractivity contribution is 4.97. The van der Waals surface area contributed by atoms with Crippen LogP contribution in [0, 0.1) is 5.92 Å². The standard InChI is InChI=1S/C15H27N3O/c1-11-7-5-8-12(11)14-18-17-13(19-14)9-6-10-16-15(2,3)4/h11-12,16H,5-10H2,1-4H3. The van der Waals surface area contributed by atoms with Crippen LogP contribution in [-0.4, -0.2) is 22.3 Å². The number of nitrogens with zero attached hydrogens (tertiary/aromatic N) is 2. The Kier molecular flexibility index (Phi) is 4.61. The van der Waals surface area contributed by atoms with E-state index in [9.17, 15) is 0 Å². The summed E-state index contributed by atoms with van der Waals surface area (Å²) in [5.41, 5.74) is 0.180. The molecule has 2 unspecified atom stereocenters. The zero-order valence-corrected chi connectivity index (χ0v) is 12.7. The molecule has 0 aliphatic heterocycles. The number of hydrogen-bond acceptors (Lipinski definition) is 4. The maximum absolute atomic E-state index is 5.82. The molecule has 4 heteroatoms. The lowest BCUT2D eigenvalue weighted by molar-refractivity contribution is 0.372. The second kappa shape index (κ2) is 6.04. The minimum Gasteiger partial charge on any atom is -0.425 e. The third-order valence-corrected chi connectivity index (χ3v) is 3.88. The van der Waals surface area contributed by atoms with Crippen LogP contribution >= 0.6 is 0 Å². The molecule has 0 aromatic carbocycles. The van der Waals surface area contributed by atoms with Crippen LogP contribution in [-0.2, 0) is 6.42 Å². The molecule has 1 aromatic rings. The van der Waals surface area contributed by atoms with Gasteiger partial charge in [-0.1, -0.05) is 13.3 Å². The normalized spacial score (nSPS) is 24.0. The quantitative estimate of drug-likeness (QED) is 0.830. The average Bonchev–Trinajstić information content (AvgIpc) is 2.91. The minimum atomic E-state index is 0.180. The Morgan fingerprint density at radius 2 is 2.05 bits per heavy atom. The molecule has 0 saturated heterocycles. The molecule has 2 atom stereocenters. The van der Waals surface area contributed by atoms with Crippen LogP contribution in [0.3, 0.4) is 0 Å². The van der Waals surface area contributed by atoms with E-state index in [2.05, 4.69) is 43.2 Å². The summed E-state index contributed by atoms with van der Waals surface area (Å²) < 4.78 is 5.82. The fourth-order valence-corrected chi connectivity index (χ4v) is 2.73. The highest BCUT2D eigenvalue weighted by Gasteiger charge is 2.29. The van der Waals surface area contributed by atoms with E-state index in [-0.39, 0.29) is 5.54 Å². The zero-order valence-electron chi connectivity index (χ0n) is 12.7. The first-order valence-corrected chi connectivity index (χ1v) is 7.53. The van der Waals surface area contributed by atoms with Crippen LogP contribution in [0.4, 0.5) is 0 Å². The molecule has 1 aliphatic rings. The van der Waals surface area contributed by atoms with Crippen LogP contribution < -0.4 is 5.32 Å². The van der Waals surface area contributed by atoms with E-state index in [1.807, 2.05) is 0 Å². The van der Waals surface area contributed by atoms with Crippen LogP contribution in [0.2, 0.25) is 0 Å². The molecule has 108 valence electrons. The van der Waals surface area contributed by atoms with Crippen molar-refractivity contribution in [3.8, 4) is 0 Å². The van der Waals surface area contributed by atoms with E-state index in [0.717, 1.165) is 31.2 Å². The second-order valence-electron chi connectivity index (χ2n) is 6.83. The van der Waals surface area contributed by atoms with Gasteiger partial charge in [-0.15, -0.1) is 10.2 Å². The van der Waals surface area contributed by atoms with Gasteiger partial charge in [-0.3, -0.25) is 0 Å². The van der Waals surface area contributed by atoms with Gasteiger partial charge in [0.05, 0.1) is 0 Å². The van der Waals surface area contributed by atoms with E-state index in [1.165, 1.54) is 19.3 Å². The average molecular weight is 265 g/mol. The minimum absolute atomic E-state index is 0.180. The molecule has 1 aliphatic carbocycles. The molecule has 0 bridgehead atoms. The molecule has 1 N–H and O–H groups in total. The van der Waals surface area contributed by atoms with Crippen molar-refractivity contribution in [3.05, 3.63) is 11.8 Å². The highest BCUT2D eigenvalue weighted by Crippen LogP contribution is 2.38. The lowest BCUT2D eigenvalue weighted by Crippen LogP contribution is -2.36. The molecule has 1 aromatic heterocycles. The van der Waals surface area contributed by atoms with E-state index < -0.39 is 0 Å². The summed E-state index contributed by atoms with van der Waals surface area (Å²) in [6, 6.07) is 0. The fourth-order valence-electron chi connectivity index (χ4n) is 2.73. The summed E-state index contributed by atoms with van der Waals surface area (Å²) in [4.78, 5) is 0. The third kappa shape index (κ3) is 4.30.